The van der Waals surface area contributed by atoms with E-state index in [2.05, 4.69) is 5.32 Å². The Hall–Kier alpha value is -2.60. The Labute approximate surface area is 137 Å². The van der Waals surface area contributed by atoms with Crippen LogP contribution in [-0.4, -0.2) is 22.7 Å². The molecule has 2 amide bonds. The first-order valence-electron chi connectivity index (χ1n) is 6.93. The summed E-state index contributed by atoms with van der Waals surface area (Å²) in [6.45, 7) is 0.0441. The van der Waals surface area contributed by atoms with Crippen LogP contribution in [0.25, 0.3) is 6.08 Å². The van der Waals surface area contributed by atoms with Gasteiger partial charge >= 0.3 is 0 Å². The number of nitrogens with zero attached hydrogens (tertiary/aromatic N) is 1. The number of carbonyl (C=O) groups is 2. The lowest BCUT2D eigenvalue weighted by molar-refractivity contribution is -0.122. The van der Waals surface area contributed by atoms with Gasteiger partial charge in [-0.05, 0) is 47.7 Å². The number of imide groups is 1. The van der Waals surface area contributed by atoms with E-state index in [0.717, 1.165) is 22.2 Å². The average Bonchev–Trinajstić information content (AvgIpc) is 2.82. The maximum absolute atomic E-state index is 12.9. The highest BCUT2D eigenvalue weighted by Crippen LogP contribution is 2.32. The Kier molecular flexibility index (Phi) is 4.43. The number of benzene rings is 2. The highest BCUT2D eigenvalue weighted by Gasteiger charge is 2.34. The number of thioether (sulfide) groups is 1. The normalized spacial score (nSPS) is 16.2. The van der Waals surface area contributed by atoms with Crippen molar-refractivity contribution in [2.45, 2.75) is 0 Å². The van der Waals surface area contributed by atoms with Crippen LogP contribution in [0.15, 0.2) is 59.5 Å². The molecule has 1 heterocycles. The molecular formula is C17H13FN2O2S. The Balaban J connectivity index is 1.69. The lowest BCUT2D eigenvalue weighted by atomic mass is 10.2. The summed E-state index contributed by atoms with van der Waals surface area (Å²) >= 11 is 0.913. The second-order valence-electron chi connectivity index (χ2n) is 4.86. The molecule has 1 N–H and O–H groups in total. The maximum atomic E-state index is 12.9. The number of carbonyl (C=O) groups excluding carboxylic acids is 2. The van der Waals surface area contributed by atoms with Gasteiger partial charge in [-0.3, -0.25) is 14.5 Å². The molecule has 1 fully saturated rings. The van der Waals surface area contributed by atoms with Gasteiger partial charge < -0.3 is 5.32 Å². The van der Waals surface area contributed by atoms with Crippen molar-refractivity contribution in [2.24, 2.45) is 0 Å². The summed E-state index contributed by atoms with van der Waals surface area (Å²) in [6.07, 6.45) is 1.70. The fourth-order valence-corrected chi connectivity index (χ4v) is 2.91. The molecule has 0 radical (unpaired) electrons. The van der Waals surface area contributed by atoms with E-state index < -0.39 is 0 Å². The highest BCUT2D eigenvalue weighted by atomic mass is 32.2. The number of hydrogen-bond acceptors (Lipinski definition) is 4. The summed E-state index contributed by atoms with van der Waals surface area (Å²) < 4.78 is 12.9. The van der Waals surface area contributed by atoms with Crippen molar-refractivity contribution in [1.82, 2.24) is 4.90 Å². The Bertz CT molecular complexity index is 760. The van der Waals surface area contributed by atoms with Gasteiger partial charge in [0.15, 0.2) is 0 Å². The molecule has 0 spiro atoms. The summed E-state index contributed by atoms with van der Waals surface area (Å²) in [5.74, 6) is -0.675. The molecule has 3 rings (SSSR count). The van der Waals surface area contributed by atoms with Crippen LogP contribution >= 0.6 is 11.8 Å². The van der Waals surface area contributed by atoms with Gasteiger partial charge in [0, 0.05) is 5.69 Å². The van der Waals surface area contributed by atoms with Crippen LogP contribution < -0.4 is 5.32 Å². The first-order chi connectivity index (χ1) is 11.1. The first-order valence-corrected chi connectivity index (χ1v) is 7.75. The van der Waals surface area contributed by atoms with E-state index in [1.807, 2.05) is 30.3 Å². The van der Waals surface area contributed by atoms with Crippen LogP contribution in [0, 0.1) is 5.82 Å². The summed E-state index contributed by atoms with van der Waals surface area (Å²) in [6, 6.07) is 15.1. The molecule has 6 heteroatoms. The van der Waals surface area contributed by atoms with Crippen molar-refractivity contribution in [3.63, 3.8) is 0 Å². The monoisotopic (exact) mass is 328 g/mol. The summed E-state index contributed by atoms with van der Waals surface area (Å²) in [4.78, 5) is 25.8. The minimum absolute atomic E-state index is 0.0441. The minimum atomic E-state index is -0.340. The lowest BCUT2D eigenvalue weighted by Gasteiger charge is -2.14. The van der Waals surface area contributed by atoms with Crippen molar-refractivity contribution in [2.75, 3.05) is 12.0 Å². The number of hydrogen-bond donors (Lipinski definition) is 1. The molecule has 0 aliphatic carbocycles. The summed E-state index contributed by atoms with van der Waals surface area (Å²) in [5.41, 5.74) is 1.50. The van der Waals surface area contributed by atoms with Gasteiger partial charge in [0.2, 0.25) is 0 Å². The van der Waals surface area contributed by atoms with E-state index in [-0.39, 0.29) is 23.6 Å². The molecule has 0 atom stereocenters. The van der Waals surface area contributed by atoms with E-state index in [1.165, 1.54) is 12.1 Å². The molecule has 0 saturated carbocycles. The largest absolute Gasteiger partial charge is 0.367 e. The fourth-order valence-electron chi connectivity index (χ4n) is 2.08. The molecule has 4 nitrogen and oxygen atoms in total. The molecular weight excluding hydrogens is 315 g/mol. The van der Waals surface area contributed by atoms with Crippen LogP contribution in [0.5, 0.6) is 0 Å². The number of rotatable bonds is 4. The van der Waals surface area contributed by atoms with Crippen LogP contribution in [-0.2, 0) is 4.79 Å². The first kappa shape index (κ1) is 15.3. The highest BCUT2D eigenvalue weighted by molar-refractivity contribution is 8.18. The predicted octanol–water partition coefficient (Wildman–Crippen LogP) is 3.93. The van der Waals surface area contributed by atoms with E-state index in [9.17, 15) is 14.0 Å². The maximum Gasteiger partial charge on any atom is 0.295 e. The number of amides is 2. The SMILES string of the molecule is O=C1S/C(=C/c2ccccc2)C(=O)N1CNc1ccc(F)cc1. The van der Waals surface area contributed by atoms with Crippen LogP contribution in [0.2, 0.25) is 0 Å². The van der Waals surface area contributed by atoms with E-state index in [0.29, 0.717) is 10.6 Å². The second kappa shape index (κ2) is 6.66. The Morgan fingerprint density at radius 1 is 1.04 bits per heavy atom. The molecule has 2 aromatic carbocycles. The van der Waals surface area contributed by atoms with Gasteiger partial charge in [-0.1, -0.05) is 30.3 Å². The quantitative estimate of drug-likeness (QED) is 0.864. The van der Waals surface area contributed by atoms with Gasteiger partial charge in [-0.25, -0.2) is 4.39 Å². The topological polar surface area (TPSA) is 49.4 Å². The van der Waals surface area contributed by atoms with Gasteiger partial charge in [-0.15, -0.1) is 0 Å². The van der Waals surface area contributed by atoms with Crippen molar-refractivity contribution in [1.29, 1.82) is 0 Å². The van der Waals surface area contributed by atoms with E-state index >= 15 is 0 Å². The zero-order chi connectivity index (χ0) is 16.2. The number of nitrogens with one attached hydrogen (secondary N) is 1. The Morgan fingerprint density at radius 3 is 2.43 bits per heavy atom. The molecule has 0 unspecified atom stereocenters. The molecule has 0 bridgehead atoms. The zero-order valence-corrected chi connectivity index (χ0v) is 12.8. The fraction of sp³-hybridized carbons (Fsp3) is 0.0588. The molecule has 1 aliphatic heterocycles. The van der Waals surface area contributed by atoms with Crippen molar-refractivity contribution in [3.05, 3.63) is 70.9 Å². The molecule has 116 valence electrons. The molecule has 2 aromatic rings. The minimum Gasteiger partial charge on any atom is -0.367 e. The summed E-state index contributed by atoms with van der Waals surface area (Å²) in [7, 11) is 0. The Morgan fingerprint density at radius 2 is 1.74 bits per heavy atom. The smallest absolute Gasteiger partial charge is 0.295 e. The van der Waals surface area contributed by atoms with Crippen LogP contribution in [0.1, 0.15) is 5.56 Å². The number of anilines is 1. The molecule has 0 aromatic heterocycles. The third-order valence-corrected chi connectivity index (χ3v) is 4.16. The second-order valence-corrected chi connectivity index (χ2v) is 5.86. The van der Waals surface area contributed by atoms with Crippen molar-refractivity contribution < 1.29 is 14.0 Å². The predicted molar refractivity (Wildman–Crippen MR) is 89.1 cm³/mol. The van der Waals surface area contributed by atoms with Crippen molar-refractivity contribution in [3.8, 4) is 0 Å². The van der Waals surface area contributed by atoms with Gasteiger partial charge in [0.1, 0.15) is 5.82 Å². The zero-order valence-electron chi connectivity index (χ0n) is 12.0. The number of halogens is 1. The molecule has 23 heavy (non-hydrogen) atoms. The third kappa shape index (κ3) is 3.60. The average molecular weight is 328 g/mol. The molecule has 1 saturated heterocycles. The summed E-state index contributed by atoms with van der Waals surface area (Å²) in [5, 5.41) is 2.61. The van der Waals surface area contributed by atoms with Gasteiger partial charge in [0.25, 0.3) is 11.1 Å². The van der Waals surface area contributed by atoms with Gasteiger partial charge in [0.05, 0.1) is 11.6 Å². The lowest BCUT2D eigenvalue weighted by Crippen LogP contribution is -2.33. The van der Waals surface area contributed by atoms with E-state index in [1.54, 1.807) is 18.2 Å². The van der Waals surface area contributed by atoms with Crippen LogP contribution in [0.3, 0.4) is 0 Å². The molecule has 1 aliphatic rings. The standard InChI is InChI=1S/C17H13FN2O2S/c18-13-6-8-14(9-7-13)19-11-20-16(21)15(23-17(20)22)10-12-4-2-1-3-5-12/h1-10,19H,11H2/b15-10+. The van der Waals surface area contributed by atoms with E-state index in [4.69, 9.17) is 0 Å². The van der Waals surface area contributed by atoms with Crippen LogP contribution in [0.4, 0.5) is 14.9 Å². The van der Waals surface area contributed by atoms with Gasteiger partial charge in [-0.2, -0.15) is 0 Å². The van der Waals surface area contributed by atoms with Crippen molar-refractivity contribution >= 4 is 34.7 Å². The third-order valence-electron chi connectivity index (χ3n) is 3.26.